The molecule has 1 heterocycles. The highest BCUT2D eigenvalue weighted by Gasteiger charge is 2.02. The number of nitrogens with one attached hydrogen (secondary N) is 1. The first-order valence-corrected chi connectivity index (χ1v) is 5.33. The van der Waals surface area contributed by atoms with Gasteiger partial charge in [-0.05, 0) is 12.8 Å². The molecule has 0 aromatic heterocycles. The first kappa shape index (κ1) is 8.91. The molecule has 0 fully saturated rings. The van der Waals surface area contributed by atoms with Gasteiger partial charge in [0.15, 0.2) is 5.17 Å². The summed E-state index contributed by atoms with van der Waals surface area (Å²) in [6.07, 6.45) is 3.77. The number of aliphatic imine (C=N–C) groups is 1. The summed E-state index contributed by atoms with van der Waals surface area (Å²) < 4.78 is 0. The van der Waals surface area contributed by atoms with E-state index in [0.717, 1.165) is 18.3 Å². The third kappa shape index (κ3) is 3.65. The number of hydrogen-bond acceptors (Lipinski definition) is 3. The van der Waals surface area contributed by atoms with E-state index in [2.05, 4.69) is 17.2 Å². The summed E-state index contributed by atoms with van der Waals surface area (Å²) in [5.74, 6) is 1.21. The van der Waals surface area contributed by atoms with E-state index in [4.69, 9.17) is 0 Å². The standard InChI is InChI=1S/C8H16N2S/c1-2-3-7-11-8-9-5-4-6-10-8/h2-7H2,1H3,(H,9,10). The monoisotopic (exact) mass is 172 g/mol. The van der Waals surface area contributed by atoms with Gasteiger partial charge in [0, 0.05) is 18.8 Å². The fourth-order valence-corrected chi connectivity index (χ4v) is 1.93. The molecule has 0 bridgehead atoms. The van der Waals surface area contributed by atoms with Crippen LogP contribution < -0.4 is 5.32 Å². The van der Waals surface area contributed by atoms with Crippen molar-refractivity contribution in [1.82, 2.24) is 5.32 Å². The van der Waals surface area contributed by atoms with Crippen molar-refractivity contribution in [2.75, 3.05) is 18.8 Å². The maximum Gasteiger partial charge on any atom is 0.156 e. The predicted octanol–water partition coefficient (Wildman–Crippen LogP) is 1.87. The Labute approximate surface area is 72.9 Å². The molecular formula is C8H16N2S. The first-order valence-electron chi connectivity index (χ1n) is 4.34. The molecular weight excluding hydrogens is 156 g/mol. The van der Waals surface area contributed by atoms with E-state index in [1.54, 1.807) is 0 Å². The van der Waals surface area contributed by atoms with Crippen LogP contribution in [-0.4, -0.2) is 24.0 Å². The molecule has 0 radical (unpaired) electrons. The van der Waals surface area contributed by atoms with Gasteiger partial charge in [0.1, 0.15) is 0 Å². The molecule has 0 spiro atoms. The molecule has 0 aromatic rings. The minimum absolute atomic E-state index is 1.02. The van der Waals surface area contributed by atoms with Crippen molar-refractivity contribution in [2.24, 2.45) is 4.99 Å². The van der Waals surface area contributed by atoms with Gasteiger partial charge in [-0.15, -0.1) is 0 Å². The average molecular weight is 172 g/mol. The van der Waals surface area contributed by atoms with Gasteiger partial charge in [-0.2, -0.15) is 0 Å². The van der Waals surface area contributed by atoms with Gasteiger partial charge in [0.25, 0.3) is 0 Å². The lowest BCUT2D eigenvalue weighted by molar-refractivity contribution is 0.751. The van der Waals surface area contributed by atoms with Gasteiger partial charge >= 0.3 is 0 Å². The molecule has 1 N–H and O–H groups in total. The molecule has 0 atom stereocenters. The Hall–Kier alpha value is -0.180. The molecule has 0 amide bonds. The maximum absolute atomic E-state index is 4.37. The number of thioether (sulfide) groups is 1. The van der Waals surface area contributed by atoms with Crippen LogP contribution in [0, 0.1) is 0 Å². The van der Waals surface area contributed by atoms with Crippen molar-refractivity contribution >= 4 is 16.9 Å². The number of nitrogens with zero attached hydrogens (tertiary/aromatic N) is 1. The predicted molar refractivity (Wildman–Crippen MR) is 52.3 cm³/mol. The van der Waals surface area contributed by atoms with E-state index in [1.165, 1.54) is 25.0 Å². The summed E-state index contributed by atoms with van der Waals surface area (Å²) in [6.45, 7) is 4.34. The molecule has 64 valence electrons. The zero-order chi connectivity index (χ0) is 7.94. The summed E-state index contributed by atoms with van der Waals surface area (Å²) in [6, 6.07) is 0. The van der Waals surface area contributed by atoms with Crippen molar-refractivity contribution in [1.29, 1.82) is 0 Å². The Balaban J connectivity index is 2.09. The molecule has 0 saturated heterocycles. The largest absolute Gasteiger partial charge is 0.365 e. The molecule has 2 nitrogen and oxygen atoms in total. The van der Waals surface area contributed by atoms with Crippen LogP contribution in [0.25, 0.3) is 0 Å². The lowest BCUT2D eigenvalue weighted by Crippen LogP contribution is -2.26. The quantitative estimate of drug-likeness (QED) is 0.657. The average Bonchev–Trinajstić information content (AvgIpc) is 2.07. The lowest BCUT2D eigenvalue weighted by atomic mass is 10.4. The highest BCUT2D eigenvalue weighted by Crippen LogP contribution is 2.07. The fourth-order valence-electron chi connectivity index (χ4n) is 0.921. The van der Waals surface area contributed by atoms with E-state index in [9.17, 15) is 0 Å². The van der Waals surface area contributed by atoms with Gasteiger partial charge < -0.3 is 5.32 Å². The third-order valence-electron chi connectivity index (χ3n) is 1.60. The minimum atomic E-state index is 1.02. The Kier molecular flexibility index (Phi) is 4.43. The Morgan fingerprint density at radius 3 is 3.18 bits per heavy atom. The smallest absolute Gasteiger partial charge is 0.156 e. The Morgan fingerprint density at radius 1 is 1.64 bits per heavy atom. The van der Waals surface area contributed by atoms with Gasteiger partial charge in [0.2, 0.25) is 0 Å². The number of hydrogen-bond donors (Lipinski definition) is 1. The van der Waals surface area contributed by atoms with Crippen LogP contribution in [0.2, 0.25) is 0 Å². The zero-order valence-electron chi connectivity index (χ0n) is 7.10. The molecule has 11 heavy (non-hydrogen) atoms. The molecule has 1 rings (SSSR count). The lowest BCUT2D eigenvalue weighted by Gasteiger charge is -2.12. The summed E-state index contributed by atoms with van der Waals surface area (Å²) >= 11 is 1.86. The molecule has 1 aliphatic rings. The minimum Gasteiger partial charge on any atom is -0.365 e. The summed E-state index contributed by atoms with van der Waals surface area (Å²) in [5, 5.41) is 4.45. The number of unbranched alkanes of at least 4 members (excludes halogenated alkanes) is 1. The van der Waals surface area contributed by atoms with Crippen molar-refractivity contribution < 1.29 is 0 Å². The van der Waals surface area contributed by atoms with Gasteiger partial charge in [-0.25, -0.2) is 0 Å². The van der Waals surface area contributed by atoms with Crippen LogP contribution in [0.4, 0.5) is 0 Å². The van der Waals surface area contributed by atoms with Crippen molar-refractivity contribution in [2.45, 2.75) is 26.2 Å². The van der Waals surface area contributed by atoms with Crippen molar-refractivity contribution in [3.63, 3.8) is 0 Å². The van der Waals surface area contributed by atoms with Gasteiger partial charge in [-0.1, -0.05) is 25.1 Å². The molecule has 1 aliphatic heterocycles. The van der Waals surface area contributed by atoms with Crippen LogP contribution in [-0.2, 0) is 0 Å². The van der Waals surface area contributed by atoms with Crippen LogP contribution in [0.5, 0.6) is 0 Å². The highest BCUT2D eigenvalue weighted by atomic mass is 32.2. The van der Waals surface area contributed by atoms with Crippen molar-refractivity contribution in [3.05, 3.63) is 0 Å². The topological polar surface area (TPSA) is 24.4 Å². The van der Waals surface area contributed by atoms with Crippen LogP contribution >= 0.6 is 11.8 Å². The highest BCUT2D eigenvalue weighted by molar-refractivity contribution is 8.13. The zero-order valence-corrected chi connectivity index (χ0v) is 7.91. The molecule has 0 aliphatic carbocycles. The molecule has 3 heteroatoms. The Bertz CT molecular complexity index is 134. The van der Waals surface area contributed by atoms with E-state index < -0.39 is 0 Å². The summed E-state index contributed by atoms with van der Waals surface area (Å²) in [4.78, 5) is 4.37. The normalized spacial score (nSPS) is 17.4. The summed E-state index contributed by atoms with van der Waals surface area (Å²) in [5.41, 5.74) is 0. The fraction of sp³-hybridized carbons (Fsp3) is 0.875. The number of rotatable bonds is 3. The van der Waals surface area contributed by atoms with Gasteiger partial charge in [0.05, 0.1) is 0 Å². The third-order valence-corrected chi connectivity index (χ3v) is 2.64. The van der Waals surface area contributed by atoms with E-state index in [1.807, 2.05) is 11.8 Å². The van der Waals surface area contributed by atoms with Crippen LogP contribution in [0.3, 0.4) is 0 Å². The second-order valence-electron chi connectivity index (χ2n) is 2.67. The van der Waals surface area contributed by atoms with E-state index in [0.29, 0.717) is 0 Å². The first-order chi connectivity index (χ1) is 5.43. The van der Waals surface area contributed by atoms with E-state index >= 15 is 0 Å². The maximum atomic E-state index is 4.37. The second-order valence-corrected chi connectivity index (χ2v) is 3.75. The molecule has 0 unspecified atom stereocenters. The van der Waals surface area contributed by atoms with E-state index in [-0.39, 0.29) is 0 Å². The molecule has 0 aromatic carbocycles. The van der Waals surface area contributed by atoms with Gasteiger partial charge in [-0.3, -0.25) is 4.99 Å². The van der Waals surface area contributed by atoms with Crippen molar-refractivity contribution in [3.8, 4) is 0 Å². The summed E-state index contributed by atoms with van der Waals surface area (Å²) in [7, 11) is 0. The number of amidine groups is 1. The second kappa shape index (κ2) is 5.47. The molecule has 0 saturated carbocycles. The van der Waals surface area contributed by atoms with Crippen LogP contribution in [0.15, 0.2) is 4.99 Å². The Morgan fingerprint density at radius 2 is 2.55 bits per heavy atom. The van der Waals surface area contributed by atoms with Crippen LogP contribution in [0.1, 0.15) is 26.2 Å². The SMILES string of the molecule is CCCCSC1=NCCCN1.